The Balaban J connectivity index is 0.965. The lowest BCUT2D eigenvalue weighted by Crippen LogP contribution is -2.29. The van der Waals surface area contributed by atoms with E-state index < -0.39 is 0 Å². The van der Waals surface area contributed by atoms with E-state index in [1.807, 2.05) is 78.6 Å². The zero-order chi connectivity index (χ0) is 39.1. The van der Waals surface area contributed by atoms with Gasteiger partial charge in [-0.2, -0.15) is 0 Å². The summed E-state index contributed by atoms with van der Waals surface area (Å²) in [5.41, 5.74) is 13.1. The van der Waals surface area contributed by atoms with Crippen LogP contribution in [0.4, 0.5) is 0 Å². The molecule has 11 rings (SSSR count). The molecule has 280 valence electrons. The van der Waals surface area contributed by atoms with E-state index in [-0.39, 0.29) is 11.5 Å². The number of hydrogen-bond donors (Lipinski definition) is 2. The van der Waals surface area contributed by atoms with E-state index in [1.54, 1.807) is 0 Å². The fraction of sp³-hybridized carbons (Fsp3) is 0.0385. The van der Waals surface area contributed by atoms with Gasteiger partial charge in [0.2, 0.25) is 0 Å². The minimum atomic E-state index is -0.226. The average molecular weight is 777 g/mol. The van der Waals surface area contributed by atoms with Crippen molar-refractivity contribution in [3.63, 3.8) is 0 Å². The molecule has 0 aliphatic carbocycles. The molecule has 2 unspecified atom stereocenters. The average Bonchev–Trinajstić information content (AvgIpc) is 3.70. The molecule has 4 heterocycles. The summed E-state index contributed by atoms with van der Waals surface area (Å²) in [7, 11) is 0. The van der Waals surface area contributed by atoms with Gasteiger partial charge in [-0.3, -0.25) is 4.99 Å². The highest BCUT2D eigenvalue weighted by Gasteiger charge is 2.37. The Labute approximate surface area is 346 Å². The van der Waals surface area contributed by atoms with E-state index in [1.165, 1.54) is 21.6 Å². The van der Waals surface area contributed by atoms with Gasteiger partial charge < -0.3 is 10.6 Å². The molecule has 59 heavy (non-hydrogen) atoms. The first kappa shape index (κ1) is 34.9. The quantitative estimate of drug-likeness (QED) is 0.168. The van der Waals surface area contributed by atoms with E-state index in [2.05, 4.69) is 138 Å². The van der Waals surface area contributed by atoms with Crippen molar-refractivity contribution in [3.05, 3.63) is 222 Å². The number of fused-ring (bicyclic) bond motifs is 3. The molecule has 3 aliphatic rings. The lowest BCUT2D eigenvalue weighted by molar-refractivity contribution is 0.619. The smallest absolute Gasteiger partial charge is 0.164 e. The van der Waals surface area contributed by atoms with Crippen LogP contribution < -0.4 is 10.6 Å². The first-order valence-electron chi connectivity index (χ1n) is 19.8. The largest absolute Gasteiger partial charge is 0.375 e. The van der Waals surface area contributed by atoms with Gasteiger partial charge in [-0.15, -0.1) is 0 Å². The Kier molecular flexibility index (Phi) is 8.78. The molecule has 0 radical (unpaired) electrons. The van der Waals surface area contributed by atoms with Crippen LogP contribution in [0.5, 0.6) is 0 Å². The molecule has 7 heteroatoms. The zero-order valence-electron chi connectivity index (χ0n) is 31.8. The summed E-state index contributed by atoms with van der Waals surface area (Å²) in [6, 6.07) is 61.2. The fourth-order valence-electron chi connectivity index (χ4n) is 8.12. The molecule has 7 aromatic carbocycles. The minimum Gasteiger partial charge on any atom is -0.375 e. The maximum atomic E-state index is 5.41. The fourth-order valence-corrected chi connectivity index (χ4v) is 9.40. The van der Waals surface area contributed by atoms with E-state index in [4.69, 9.17) is 19.9 Å². The molecule has 6 nitrogen and oxygen atoms in total. The van der Waals surface area contributed by atoms with Gasteiger partial charge in [-0.1, -0.05) is 194 Å². The Morgan fingerprint density at radius 3 is 1.66 bits per heavy atom. The Hall–Kier alpha value is -7.35. The van der Waals surface area contributed by atoms with Crippen molar-refractivity contribution in [1.29, 1.82) is 0 Å². The monoisotopic (exact) mass is 776 g/mol. The zero-order valence-corrected chi connectivity index (χ0v) is 32.6. The highest BCUT2D eigenvalue weighted by atomic mass is 32.2. The van der Waals surface area contributed by atoms with Crippen LogP contribution in [0.3, 0.4) is 0 Å². The lowest BCUT2D eigenvalue weighted by Gasteiger charge is -2.26. The maximum absolute atomic E-state index is 5.41. The van der Waals surface area contributed by atoms with Gasteiger partial charge in [0.15, 0.2) is 17.5 Å². The third-order valence-electron chi connectivity index (χ3n) is 11.1. The molecule has 2 N–H and O–H groups in total. The van der Waals surface area contributed by atoms with Crippen molar-refractivity contribution < 1.29 is 0 Å². The molecule has 0 saturated carbocycles. The molecule has 0 amide bonds. The predicted molar refractivity (Wildman–Crippen MR) is 242 cm³/mol. The normalized spacial score (nSPS) is 16.7. The molecular formula is C52H36N6S. The number of hydrogen-bond acceptors (Lipinski definition) is 7. The van der Waals surface area contributed by atoms with Crippen molar-refractivity contribution in [2.45, 2.75) is 11.5 Å². The Bertz CT molecular complexity index is 2940. The number of thioether (sulfide) groups is 1. The molecular weight excluding hydrogens is 741 g/mol. The summed E-state index contributed by atoms with van der Waals surface area (Å²) in [4.78, 5) is 21.6. The molecule has 8 aromatic rings. The van der Waals surface area contributed by atoms with Crippen molar-refractivity contribution in [2.24, 2.45) is 4.99 Å². The van der Waals surface area contributed by atoms with Gasteiger partial charge in [0.25, 0.3) is 0 Å². The summed E-state index contributed by atoms with van der Waals surface area (Å²) in [5, 5.41) is 9.70. The standard InChI is InChI=1S/C52H36N6S/c1-4-13-33(14-5-1)34-24-30-39(31-25-34)48-54-45(47-46(55-48)44-23-12-32-53-52(44)59-47)36-28-26-35(27-29-36)40-19-10-21-42-41(40)20-11-22-43(42)51-57-49(37-15-6-2-7-16-37)56-50(58-51)38-17-8-3-9-18-38/h1-32,48,52-53,55H. The predicted octanol–water partition coefficient (Wildman–Crippen LogP) is 11.8. The molecule has 0 saturated heterocycles. The van der Waals surface area contributed by atoms with Gasteiger partial charge in [-0.25, -0.2) is 15.0 Å². The van der Waals surface area contributed by atoms with Crippen LogP contribution in [0.1, 0.15) is 17.3 Å². The second-order valence-corrected chi connectivity index (χ2v) is 15.8. The Morgan fingerprint density at radius 2 is 1.00 bits per heavy atom. The van der Waals surface area contributed by atoms with Crippen molar-refractivity contribution in [1.82, 2.24) is 25.6 Å². The van der Waals surface area contributed by atoms with E-state index in [0.717, 1.165) is 61.1 Å². The molecule has 2 atom stereocenters. The molecule has 0 bridgehead atoms. The number of aliphatic imine (C=N–C) groups is 1. The number of nitrogens with one attached hydrogen (secondary N) is 2. The first-order chi connectivity index (χ1) is 29.2. The minimum absolute atomic E-state index is 0.142. The van der Waals surface area contributed by atoms with Crippen LogP contribution in [-0.4, -0.2) is 26.0 Å². The van der Waals surface area contributed by atoms with Crippen LogP contribution in [-0.2, 0) is 0 Å². The molecule has 3 aliphatic heterocycles. The highest BCUT2D eigenvalue weighted by Crippen LogP contribution is 2.46. The topological polar surface area (TPSA) is 75.1 Å². The number of allylic oxidation sites excluding steroid dienone is 3. The second kappa shape index (κ2) is 14.9. The number of dihydropyridines is 1. The third kappa shape index (κ3) is 6.51. The van der Waals surface area contributed by atoms with Crippen molar-refractivity contribution >= 4 is 28.2 Å². The number of rotatable bonds is 7. The highest BCUT2D eigenvalue weighted by molar-refractivity contribution is 8.05. The SMILES string of the molecule is C1=CNC2SC3=C(NC(c4ccc(-c5ccccc5)cc4)N=C3c3ccc(-c4cccc5c(-c6nc(-c7ccccc7)nc(-c7ccccc7)n6)cccc45)cc3)C2=C1. The van der Waals surface area contributed by atoms with Crippen LogP contribution >= 0.6 is 11.8 Å². The number of nitrogens with zero attached hydrogens (tertiary/aromatic N) is 4. The van der Waals surface area contributed by atoms with Crippen LogP contribution in [0.25, 0.3) is 67.2 Å². The summed E-state index contributed by atoms with van der Waals surface area (Å²) in [6.45, 7) is 0. The van der Waals surface area contributed by atoms with Gasteiger partial charge in [0.05, 0.1) is 16.3 Å². The molecule has 0 fully saturated rings. The van der Waals surface area contributed by atoms with Crippen LogP contribution in [0, 0.1) is 0 Å². The van der Waals surface area contributed by atoms with Crippen molar-refractivity contribution in [2.75, 3.05) is 0 Å². The van der Waals surface area contributed by atoms with Crippen LogP contribution in [0.2, 0.25) is 0 Å². The van der Waals surface area contributed by atoms with Gasteiger partial charge >= 0.3 is 0 Å². The van der Waals surface area contributed by atoms with E-state index in [0.29, 0.717) is 17.5 Å². The maximum Gasteiger partial charge on any atom is 0.164 e. The van der Waals surface area contributed by atoms with Crippen molar-refractivity contribution in [3.8, 4) is 56.4 Å². The number of aromatic nitrogens is 3. The second-order valence-electron chi connectivity index (χ2n) is 14.7. The summed E-state index contributed by atoms with van der Waals surface area (Å²) in [5.74, 6) is 1.93. The van der Waals surface area contributed by atoms with Gasteiger partial charge in [-0.05, 0) is 50.9 Å². The first-order valence-corrected chi connectivity index (χ1v) is 20.7. The lowest BCUT2D eigenvalue weighted by atomic mass is 9.94. The van der Waals surface area contributed by atoms with Gasteiger partial charge in [0.1, 0.15) is 11.5 Å². The summed E-state index contributed by atoms with van der Waals surface area (Å²) < 4.78 is 0. The third-order valence-corrected chi connectivity index (χ3v) is 12.3. The molecule has 0 spiro atoms. The molecule has 1 aromatic heterocycles. The van der Waals surface area contributed by atoms with Crippen LogP contribution in [0.15, 0.2) is 215 Å². The van der Waals surface area contributed by atoms with Gasteiger partial charge in [0, 0.05) is 27.8 Å². The Morgan fingerprint density at radius 1 is 0.458 bits per heavy atom. The summed E-state index contributed by atoms with van der Waals surface area (Å²) in [6.07, 6.45) is 6.08. The summed E-state index contributed by atoms with van der Waals surface area (Å²) >= 11 is 1.82. The van der Waals surface area contributed by atoms with E-state index >= 15 is 0 Å². The van der Waals surface area contributed by atoms with E-state index in [9.17, 15) is 0 Å². The number of benzene rings is 7.